The Balaban J connectivity index is 1.86. The van der Waals surface area contributed by atoms with Crippen LogP contribution in [0.15, 0.2) is 30.3 Å². The summed E-state index contributed by atoms with van der Waals surface area (Å²) >= 11 is 6.89. The fraction of sp³-hybridized carbons (Fsp3) is 0.469. The molecule has 0 spiro atoms. The number of carbonyl (C=O) groups excluding carboxylic acids is 5. The average Bonchev–Trinajstić information content (AvgIpc) is 2.95. The molecule has 2 heterocycles. The predicted molar refractivity (Wildman–Crippen MR) is 155 cm³/mol. The number of hydrogen-bond donors (Lipinski definition) is 0. The molecule has 11 nitrogen and oxygen atoms in total. The zero-order valence-electron chi connectivity index (χ0n) is 25.2. The molecule has 12 heteroatoms. The lowest BCUT2D eigenvalue weighted by Gasteiger charge is -2.45. The van der Waals surface area contributed by atoms with Gasteiger partial charge in [-0.25, -0.2) is 0 Å². The van der Waals surface area contributed by atoms with E-state index in [9.17, 15) is 24.0 Å². The maximum Gasteiger partial charge on any atom is 0.303 e. The summed E-state index contributed by atoms with van der Waals surface area (Å²) in [5, 5.41) is 0.407. The second-order valence-electron chi connectivity index (χ2n) is 10.7. The van der Waals surface area contributed by atoms with Gasteiger partial charge in [-0.3, -0.25) is 24.0 Å². The largest absolute Gasteiger partial charge is 0.492 e. The predicted octanol–water partition coefficient (Wildman–Crippen LogP) is 4.26. The standard InChI is InChI=1S/C32H35ClO11/c1-16(34)22-10-8-21(9-11-22)13-23-14-25(24-7-6-12-39-28(24)27(23)33)29-31(42-19(4)37)32(43-20(5)38)30(41-18(3)36)26(44-29)15-40-17(2)35/h8-11,14,26,29-32H,6-7,12-13,15H2,1-5H3. The van der Waals surface area contributed by atoms with Gasteiger partial charge in [0.25, 0.3) is 0 Å². The highest BCUT2D eigenvalue weighted by atomic mass is 35.5. The number of ketones is 1. The Morgan fingerprint density at radius 2 is 1.45 bits per heavy atom. The van der Waals surface area contributed by atoms with E-state index in [-0.39, 0.29) is 12.4 Å². The van der Waals surface area contributed by atoms with E-state index in [1.165, 1.54) is 34.6 Å². The van der Waals surface area contributed by atoms with Crippen molar-refractivity contribution in [2.75, 3.05) is 13.2 Å². The van der Waals surface area contributed by atoms with Crippen molar-refractivity contribution in [2.45, 2.75) is 84.4 Å². The molecule has 236 valence electrons. The number of hydrogen-bond acceptors (Lipinski definition) is 11. The van der Waals surface area contributed by atoms with E-state index in [0.29, 0.717) is 53.3 Å². The maximum atomic E-state index is 12.4. The Bertz CT molecular complexity index is 1430. The monoisotopic (exact) mass is 630 g/mol. The van der Waals surface area contributed by atoms with E-state index in [2.05, 4.69) is 0 Å². The molecule has 2 aliphatic heterocycles. The number of benzene rings is 2. The van der Waals surface area contributed by atoms with E-state index in [1.54, 1.807) is 12.1 Å². The molecule has 0 aliphatic carbocycles. The third kappa shape index (κ3) is 7.75. The van der Waals surface area contributed by atoms with Crippen molar-refractivity contribution >= 4 is 41.3 Å². The molecule has 44 heavy (non-hydrogen) atoms. The zero-order valence-corrected chi connectivity index (χ0v) is 25.9. The highest BCUT2D eigenvalue weighted by Gasteiger charge is 2.53. The van der Waals surface area contributed by atoms with Crippen molar-refractivity contribution in [2.24, 2.45) is 0 Å². The molecule has 4 rings (SSSR count). The van der Waals surface area contributed by atoms with Crippen LogP contribution in [-0.2, 0) is 55.7 Å². The Labute approximate surface area is 260 Å². The third-order valence-electron chi connectivity index (χ3n) is 7.30. The van der Waals surface area contributed by atoms with Gasteiger partial charge in [-0.2, -0.15) is 0 Å². The van der Waals surface area contributed by atoms with Crippen LogP contribution in [0.1, 0.15) is 79.8 Å². The van der Waals surface area contributed by atoms with Gasteiger partial charge in [0.05, 0.1) is 11.6 Å². The van der Waals surface area contributed by atoms with Gasteiger partial charge >= 0.3 is 23.9 Å². The molecule has 2 aliphatic rings. The smallest absolute Gasteiger partial charge is 0.303 e. The van der Waals surface area contributed by atoms with Gasteiger partial charge in [0.1, 0.15) is 24.6 Å². The SMILES string of the molecule is CC(=O)OCC1OC(c2cc(Cc3ccc(C(C)=O)cc3)c(Cl)c3c2CCCO3)C(OC(C)=O)C(OC(C)=O)C1OC(C)=O. The van der Waals surface area contributed by atoms with Crippen LogP contribution in [0.3, 0.4) is 0 Å². The van der Waals surface area contributed by atoms with Crippen molar-refractivity contribution in [1.29, 1.82) is 0 Å². The van der Waals surface area contributed by atoms with E-state index < -0.39 is 54.4 Å². The first-order valence-electron chi connectivity index (χ1n) is 14.2. The summed E-state index contributed by atoms with van der Waals surface area (Å²) in [6.45, 7) is 6.35. The molecule has 0 amide bonds. The van der Waals surface area contributed by atoms with Gasteiger partial charge in [-0.1, -0.05) is 41.9 Å². The summed E-state index contributed by atoms with van der Waals surface area (Å²) in [6, 6.07) is 8.97. The molecule has 0 aromatic heterocycles. The first kappa shape index (κ1) is 32.9. The number of halogens is 1. The number of rotatable bonds is 9. The lowest BCUT2D eigenvalue weighted by atomic mass is 9.85. The minimum Gasteiger partial charge on any atom is -0.492 e. The van der Waals surface area contributed by atoms with Crippen LogP contribution in [0.2, 0.25) is 5.02 Å². The van der Waals surface area contributed by atoms with Gasteiger partial charge in [-0.05, 0) is 42.9 Å². The van der Waals surface area contributed by atoms with Gasteiger partial charge in [0, 0.05) is 38.8 Å². The molecule has 5 unspecified atom stereocenters. The highest BCUT2D eigenvalue weighted by molar-refractivity contribution is 6.33. The number of ether oxygens (including phenoxy) is 6. The molecular formula is C32H35ClO11. The molecular weight excluding hydrogens is 596 g/mol. The summed E-state index contributed by atoms with van der Waals surface area (Å²) in [7, 11) is 0. The molecule has 0 radical (unpaired) electrons. The van der Waals surface area contributed by atoms with Crippen LogP contribution in [-0.4, -0.2) is 67.3 Å². The van der Waals surface area contributed by atoms with E-state index in [1.807, 2.05) is 18.2 Å². The topological polar surface area (TPSA) is 141 Å². The summed E-state index contributed by atoms with van der Waals surface area (Å²) in [5.41, 5.74) is 3.41. The van der Waals surface area contributed by atoms with E-state index in [4.69, 9.17) is 40.0 Å². The number of esters is 4. The third-order valence-corrected chi connectivity index (χ3v) is 7.72. The minimum atomic E-state index is -1.31. The Morgan fingerprint density at radius 1 is 0.841 bits per heavy atom. The van der Waals surface area contributed by atoms with Crippen LogP contribution >= 0.6 is 11.6 Å². The fourth-order valence-corrected chi connectivity index (χ4v) is 5.81. The first-order chi connectivity index (χ1) is 20.8. The molecule has 1 saturated heterocycles. The van der Waals surface area contributed by atoms with Crippen LogP contribution < -0.4 is 4.74 Å². The van der Waals surface area contributed by atoms with Gasteiger partial charge in [0.2, 0.25) is 0 Å². The summed E-state index contributed by atoms with van der Waals surface area (Å²) in [6.07, 6.45) is -4.40. The zero-order chi connectivity index (χ0) is 32.1. The van der Waals surface area contributed by atoms with E-state index >= 15 is 0 Å². The van der Waals surface area contributed by atoms with Crippen molar-refractivity contribution in [1.82, 2.24) is 0 Å². The van der Waals surface area contributed by atoms with Crippen molar-refractivity contribution in [3.05, 3.63) is 63.2 Å². The summed E-state index contributed by atoms with van der Waals surface area (Å²) in [4.78, 5) is 60.4. The number of fused-ring (bicyclic) bond motifs is 1. The molecule has 0 N–H and O–H groups in total. The summed E-state index contributed by atoms with van der Waals surface area (Å²) in [5.74, 6) is -2.31. The molecule has 1 fully saturated rings. The highest BCUT2D eigenvalue weighted by Crippen LogP contribution is 2.46. The van der Waals surface area contributed by atoms with Crippen LogP contribution in [0.5, 0.6) is 5.75 Å². The Hall–Kier alpha value is -3.96. The van der Waals surface area contributed by atoms with Crippen molar-refractivity contribution in [3.63, 3.8) is 0 Å². The van der Waals surface area contributed by atoms with Gasteiger partial charge < -0.3 is 28.4 Å². The van der Waals surface area contributed by atoms with Gasteiger partial charge in [-0.15, -0.1) is 0 Å². The fourth-order valence-electron chi connectivity index (χ4n) is 5.52. The quantitative estimate of drug-likeness (QED) is 0.223. The minimum absolute atomic E-state index is 0.0530. The average molecular weight is 631 g/mol. The maximum absolute atomic E-state index is 12.4. The molecule has 2 aromatic rings. The van der Waals surface area contributed by atoms with Crippen molar-refractivity contribution < 1.29 is 52.4 Å². The molecule has 0 saturated carbocycles. The van der Waals surface area contributed by atoms with Crippen LogP contribution in [0, 0.1) is 0 Å². The van der Waals surface area contributed by atoms with Crippen LogP contribution in [0.4, 0.5) is 0 Å². The summed E-state index contributed by atoms with van der Waals surface area (Å²) < 4.78 is 34.6. The second kappa shape index (κ2) is 14.2. The number of Topliss-reactive ketones (excluding diaryl/α,β-unsaturated/α-hetero) is 1. The molecule has 5 atom stereocenters. The molecule has 0 bridgehead atoms. The lowest BCUT2D eigenvalue weighted by molar-refractivity contribution is -0.254. The second-order valence-corrected chi connectivity index (χ2v) is 11.1. The normalized spacial score (nSPS) is 22.5. The Morgan fingerprint density at radius 3 is 2.05 bits per heavy atom. The van der Waals surface area contributed by atoms with E-state index in [0.717, 1.165) is 11.1 Å². The van der Waals surface area contributed by atoms with Crippen LogP contribution in [0.25, 0.3) is 0 Å². The lowest BCUT2D eigenvalue weighted by Crippen LogP contribution is -2.59. The first-order valence-corrected chi connectivity index (χ1v) is 14.6. The number of carbonyl (C=O) groups is 5. The van der Waals surface area contributed by atoms with Crippen molar-refractivity contribution in [3.8, 4) is 5.75 Å². The molecule has 2 aromatic carbocycles. The Kier molecular flexibility index (Phi) is 10.6. The van der Waals surface area contributed by atoms with Gasteiger partial charge in [0.15, 0.2) is 24.1 Å².